The second-order valence-electron chi connectivity index (χ2n) is 5.85. The second-order valence-corrected chi connectivity index (χ2v) is 6.42. The predicted octanol–water partition coefficient (Wildman–Crippen LogP) is 3.67. The Kier molecular flexibility index (Phi) is 4.98. The molecule has 6 heteroatoms. The fraction of sp³-hybridized carbons (Fsp3) is 0.533. The first-order valence-electron chi connectivity index (χ1n) is 7.09. The molecule has 0 radical (unpaired) electrons. The molecule has 2 rings (SSSR count). The lowest BCUT2D eigenvalue weighted by Crippen LogP contribution is -2.52. The van der Waals surface area contributed by atoms with Crippen LogP contribution in [-0.2, 0) is 0 Å². The Morgan fingerprint density at radius 2 is 1.95 bits per heavy atom. The lowest BCUT2D eigenvalue weighted by Gasteiger charge is -2.39. The average Bonchev–Trinajstić information content (AvgIpc) is 2.50. The van der Waals surface area contributed by atoms with Crippen molar-refractivity contribution >= 4 is 27.5 Å². The van der Waals surface area contributed by atoms with Crippen LogP contribution in [0.15, 0.2) is 24.3 Å². The molecule has 1 aliphatic carbocycles. The fourth-order valence-electron chi connectivity index (χ4n) is 2.65. The number of alkyl halides is 1. The molecule has 1 N–H and O–H groups in total. The SMILES string of the molecule is CC1CCC(CBr)(NC(=O)c2ccc([N+](=O)[O-])cc2)CC1. The van der Waals surface area contributed by atoms with E-state index >= 15 is 0 Å². The molecular formula is C15H19BrN2O3. The van der Waals surface area contributed by atoms with Gasteiger partial charge in [0, 0.05) is 23.0 Å². The summed E-state index contributed by atoms with van der Waals surface area (Å²) in [5.41, 5.74) is 0.249. The van der Waals surface area contributed by atoms with Gasteiger partial charge in [0.15, 0.2) is 0 Å². The van der Waals surface area contributed by atoms with Gasteiger partial charge in [0.25, 0.3) is 11.6 Å². The molecule has 5 nitrogen and oxygen atoms in total. The Hall–Kier alpha value is -1.43. The molecule has 0 aromatic heterocycles. The van der Waals surface area contributed by atoms with Crippen LogP contribution in [0.2, 0.25) is 0 Å². The Morgan fingerprint density at radius 3 is 2.43 bits per heavy atom. The summed E-state index contributed by atoms with van der Waals surface area (Å²) in [6.07, 6.45) is 4.12. The third-order valence-corrected chi connectivity index (χ3v) is 5.28. The Bertz CT molecular complexity index is 522. The van der Waals surface area contributed by atoms with Crippen molar-refractivity contribution in [1.29, 1.82) is 0 Å². The standard InChI is InChI=1S/C15H19BrN2O3/c1-11-6-8-15(10-16,9-7-11)17-14(19)12-2-4-13(5-3-12)18(20)21/h2-5,11H,6-10H2,1H3,(H,17,19). The quantitative estimate of drug-likeness (QED) is 0.509. The van der Waals surface area contributed by atoms with Gasteiger partial charge in [-0.25, -0.2) is 0 Å². The highest BCUT2D eigenvalue weighted by molar-refractivity contribution is 9.09. The lowest BCUT2D eigenvalue weighted by atomic mass is 9.78. The van der Waals surface area contributed by atoms with Crippen LogP contribution >= 0.6 is 15.9 Å². The Morgan fingerprint density at radius 1 is 1.38 bits per heavy atom. The number of nitro benzene ring substituents is 1. The predicted molar refractivity (Wildman–Crippen MR) is 84.7 cm³/mol. The summed E-state index contributed by atoms with van der Waals surface area (Å²) in [5, 5.41) is 14.5. The van der Waals surface area contributed by atoms with Gasteiger partial charge in [-0.15, -0.1) is 0 Å². The highest BCUT2D eigenvalue weighted by atomic mass is 79.9. The van der Waals surface area contributed by atoms with Crippen molar-refractivity contribution in [2.45, 2.75) is 38.1 Å². The van der Waals surface area contributed by atoms with E-state index in [0.717, 1.165) is 31.0 Å². The van der Waals surface area contributed by atoms with Crippen LogP contribution in [-0.4, -0.2) is 21.7 Å². The van der Waals surface area contributed by atoms with Crippen LogP contribution in [0, 0.1) is 16.0 Å². The van der Waals surface area contributed by atoms with Crippen molar-refractivity contribution in [1.82, 2.24) is 5.32 Å². The molecule has 0 spiro atoms. The largest absolute Gasteiger partial charge is 0.346 e. The number of rotatable bonds is 4. The molecule has 0 aliphatic heterocycles. The molecule has 0 atom stereocenters. The number of hydrogen-bond donors (Lipinski definition) is 1. The summed E-state index contributed by atoms with van der Waals surface area (Å²) >= 11 is 3.52. The average molecular weight is 355 g/mol. The third-order valence-electron chi connectivity index (χ3n) is 4.21. The summed E-state index contributed by atoms with van der Waals surface area (Å²) in [6, 6.07) is 5.72. The van der Waals surface area contributed by atoms with Crippen molar-refractivity contribution in [3.8, 4) is 0 Å². The monoisotopic (exact) mass is 354 g/mol. The summed E-state index contributed by atoms with van der Waals surface area (Å²) in [6.45, 7) is 2.23. The molecule has 1 fully saturated rings. The summed E-state index contributed by atoms with van der Waals surface area (Å²) in [4.78, 5) is 22.5. The number of nitrogens with zero attached hydrogens (tertiary/aromatic N) is 1. The molecule has 1 aromatic carbocycles. The number of nitro groups is 1. The van der Waals surface area contributed by atoms with Crippen molar-refractivity contribution in [2.75, 3.05) is 5.33 Å². The van der Waals surface area contributed by atoms with E-state index in [9.17, 15) is 14.9 Å². The van der Waals surface area contributed by atoms with E-state index < -0.39 is 4.92 Å². The van der Waals surface area contributed by atoms with Gasteiger partial charge in [-0.2, -0.15) is 0 Å². The molecular weight excluding hydrogens is 336 g/mol. The maximum Gasteiger partial charge on any atom is 0.269 e. The number of halogens is 1. The first-order chi connectivity index (χ1) is 9.96. The molecule has 0 saturated heterocycles. The number of hydrogen-bond acceptors (Lipinski definition) is 3. The van der Waals surface area contributed by atoms with E-state index in [1.54, 1.807) is 0 Å². The molecule has 0 heterocycles. The molecule has 0 unspecified atom stereocenters. The van der Waals surface area contributed by atoms with Gasteiger partial charge >= 0.3 is 0 Å². The topological polar surface area (TPSA) is 72.2 Å². The zero-order valence-electron chi connectivity index (χ0n) is 12.0. The van der Waals surface area contributed by atoms with E-state index in [-0.39, 0.29) is 17.1 Å². The van der Waals surface area contributed by atoms with Gasteiger partial charge in [0.05, 0.1) is 10.5 Å². The van der Waals surface area contributed by atoms with Crippen molar-refractivity contribution in [3.63, 3.8) is 0 Å². The van der Waals surface area contributed by atoms with E-state index in [1.165, 1.54) is 24.3 Å². The number of amides is 1. The van der Waals surface area contributed by atoms with Gasteiger partial charge in [-0.3, -0.25) is 14.9 Å². The van der Waals surface area contributed by atoms with Crippen LogP contribution in [0.4, 0.5) is 5.69 Å². The van der Waals surface area contributed by atoms with Gasteiger partial charge in [-0.1, -0.05) is 22.9 Å². The van der Waals surface area contributed by atoms with Crippen molar-refractivity contribution in [2.24, 2.45) is 5.92 Å². The number of benzene rings is 1. The van der Waals surface area contributed by atoms with Gasteiger partial charge < -0.3 is 5.32 Å². The van der Waals surface area contributed by atoms with Crippen molar-refractivity contribution < 1.29 is 9.72 Å². The van der Waals surface area contributed by atoms with Crippen molar-refractivity contribution in [3.05, 3.63) is 39.9 Å². The maximum absolute atomic E-state index is 12.3. The maximum atomic E-state index is 12.3. The summed E-state index contributed by atoms with van der Waals surface area (Å²) < 4.78 is 0. The van der Waals surface area contributed by atoms with Crippen LogP contribution in [0.25, 0.3) is 0 Å². The second kappa shape index (κ2) is 6.56. The highest BCUT2D eigenvalue weighted by Crippen LogP contribution is 2.33. The van der Waals surface area contributed by atoms with Crippen LogP contribution in [0.3, 0.4) is 0 Å². The molecule has 1 aromatic rings. The van der Waals surface area contributed by atoms with E-state index in [4.69, 9.17) is 0 Å². The molecule has 1 aliphatic rings. The summed E-state index contributed by atoms with van der Waals surface area (Å²) in [5.74, 6) is 0.535. The smallest absolute Gasteiger partial charge is 0.269 e. The number of carbonyl (C=O) groups is 1. The molecule has 1 saturated carbocycles. The number of non-ortho nitro benzene ring substituents is 1. The highest BCUT2D eigenvalue weighted by Gasteiger charge is 2.34. The van der Waals surface area contributed by atoms with Crippen LogP contribution in [0.5, 0.6) is 0 Å². The minimum absolute atomic E-state index is 0.00625. The molecule has 114 valence electrons. The number of nitrogens with one attached hydrogen (secondary N) is 1. The molecule has 1 amide bonds. The molecule has 21 heavy (non-hydrogen) atoms. The normalized spacial score (nSPS) is 25.3. The van der Waals surface area contributed by atoms with Gasteiger partial charge in [-0.05, 0) is 43.7 Å². The van der Waals surface area contributed by atoms with Crippen LogP contribution < -0.4 is 5.32 Å². The third kappa shape index (κ3) is 3.81. The Balaban J connectivity index is 2.07. The minimum Gasteiger partial charge on any atom is -0.346 e. The summed E-state index contributed by atoms with van der Waals surface area (Å²) in [7, 11) is 0. The minimum atomic E-state index is -0.468. The number of carbonyl (C=O) groups excluding carboxylic acids is 1. The first kappa shape index (κ1) is 15.9. The van der Waals surface area contributed by atoms with E-state index in [0.29, 0.717) is 11.5 Å². The Labute approximate surface area is 132 Å². The zero-order chi connectivity index (χ0) is 15.5. The van der Waals surface area contributed by atoms with Gasteiger partial charge in [0.1, 0.15) is 0 Å². The first-order valence-corrected chi connectivity index (χ1v) is 8.21. The van der Waals surface area contributed by atoms with E-state index in [2.05, 4.69) is 28.2 Å². The molecule has 0 bridgehead atoms. The zero-order valence-corrected chi connectivity index (χ0v) is 13.6. The van der Waals surface area contributed by atoms with Crippen LogP contribution in [0.1, 0.15) is 43.0 Å². The van der Waals surface area contributed by atoms with Gasteiger partial charge in [0.2, 0.25) is 0 Å². The van der Waals surface area contributed by atoms with E-state index in [1.807, 2.05) is 0 Å². The lowest BCUT2D eigenvalue weighted by molar-refractivity contribution is -0.384. The fourth-order valence-corrected chi connectivity index (χ4v) is 3.36.